The molecule has 0 spiro atoms. The van der Waals surface area contributed by atoms with Gasteiger partial charge in [-0.1, -0.05) is 11.6 Å². The van der Waals surface area contributed by atoms with Crippen LogP contribution in [-0.2, 0) is 0 Å². The molecule has 2 aromatic rings. The van der Waals surface area contributed by atoms with Crippen molar-refractivity contribution in [3.8, 4) is 0 Å². The van der Waals surface area contributed by atoms with Gasteiger partial charge in [-0.15, -0.1) is 4.79 Å². The maximum Gasteiger partial charge on any atom is 0.287 e. The van der Waals surface area contributed by atoms with Crippen molar-refractivity contribution < 1.29 is 0 Å². The van der Waals surface area contributed by atoms with Crippen LogP contribution in [0.3, 0.4) is 0 Å². The molecule has 0 amide bonds. The molecule has 0 saturated heterocycles. The molecule has 2 heterocycles. The molecular weight excluding hydrogens is 254 g/mol. The lowest BCUT2D eigenvalue weighted by atomic mass is 10.3. The number of halogens is 1. The smallest absolute Gasteiger partial charge is 0.279 e. The Morgan fingerprint density at radius 1 is 1.33 bits per heavy atom. The Bertz CT molecular complexity index is 775. The molecule has 1 aromatic heterocycles. The molecule has 6 nitrogen and oxygen atoms in total. The summed E-state index contributed by atoms with van der Waals surface area (Å²) in [7, 11) is 0. The average Bonchev–Trinajstić information content (AvgIpc) is 2.68. The summed E-state index contributed by atoms with van der Waals surface area (Å²) in [5.41, 5.74) is 3.36. The van der Waals surface area contributed by atoms with E-state index in [9.17, 15) is 4.79 Å². The van der Waals surface area contributed by atoms with Gasteiger partial charge in [0.15, 0.2) is 0 Å². The van der Waals surface area contributed by atoms with Crippen LogP contribution in [0.4, 0.5) is 0 Å². The summed E-state index contributed by atoms with van der Waals surface area (Å²) in [6.45, 7) is 1.81. The third kappa shape index (κ3) is 1.76. The maximum atomic E-state index is 11.7. The van der Waals surface area contributed by atoms with Gasteiger partial charge in [0.2, 0.25) is 0 Å². The highest BCUT2D eigenvalue weighted by Gasteiger charge is 2.09. The quantitative estimate of drug-likeness (QED) is 0.734. The zero-order valence-corrected chi connectivity index (χ0v) is 10.3. The summed E-state index contributed by atoms with van der Waals surface area (Å²) in [5, 5.41) is 10.8. The number of nitrogens with one attached hydrogen (secondary N) is 2. The molecule has 1 aliphatic rings. The molecule has 1 aromatic carbocycles. The first-order chi connectivity index (χ1) is 8.63. The average molecular weight is 264 g/mol. The summed E-state index contributed by atoms with van der Waals surface area (Å²) in [6, 6.07) is 6.88. The number of aryl methyl sites for hydroxylation is 1. The Morgan fingerprint density at radius 3 is 2.89 bits per heavy atom. The van der Waals surface area contributed by atoms with Crippen molar-refractivity contribution >= 4 is 17.8 Å². The molecule has 92 valence electrons. The number of hydrogen-bond acceptors (Lipinski definition) is 4. The van der Waals surface area contributed by atoms with Crippen molar-refractivity contribution in [1.82, 2.24) is 15.4 Å². The monoisotopic (exact) mass is 263 g/mol. The second-order valence-electron chi connectivity index (χ2n) is 3.98. The van der Waals surface area contributed by atoms with Crippen molar-refractivity contribution in [2.75, 3.05) is 5.12 Å². The first-order valence-corrected chi connectivity index (χ1v) is 5.70. The van der Waals surface area contributed by atoms with E-state index in [2.05, 4.69) is 15.7 Å². The largest absolute Gasteiger partial charge is 0.287 e. The molecule has 0 saturated carbocycles. The van der Waals surface area contributed by atoms with Crippen molar-refractivity contribution in [3.63, 3.8) is 0 Å². The Kier molecular flexibility index (Phi) is 2.38. The van der Waals surface area contributed by atoms with Crippen LogP contribution < -0.4 is 26.8 Å². The second kappa shape index (κ2) is 3.92. The van der Waals surface area contributed by atoms with E-state index in [1.165, 1.54) is 16.0 Å². The minimum Gasteiger partial charge on any atom is -0.279 e. The minimum atomic E-state index is -0.163. The summed E-state index contributed by atoms with van der Waals surface area (Å²) in [5.74, 6) is 0. The van der Waals surface area contributed by atoms with Crippen LogP contribution in [0.2, 0.25) is 5.02 Å². The van der Waals surface area contributed by atoms with Gasteiger partial charge in [-0.2, -0.15) is 15.8 Å². The van der Waals surface area contributed by atoms with Crippen LogP contribution in [0.1, 0.15) is 5.69 Å². The van der Waals surface area contributed by atoms with Crippen LogP contribution >= 0.6 is 11.6 Å². The number of rotatable bonds is 1. The highest BCUT2D eigenvalue weighted by molar-refractivity contribution is 6.30. The van der Waals surface area contributed by atoms with Gasteiger partial charge in [0, 0.05) is 22.0 Å². The Hall–Kier alpha value is -2.21. The van der Waals surface area contributed by atoms with Crippen molar-refractivity contribution in [1.29, 1.82) is 0 Å². The topological polar surface area (TPSA) is 65.4 Å². The normalized spacial score (nSPS) is 13.3. The third-order valence-corrected chi connectivity index (χ3v) is 2.81. The van der Waals surface area contributed by atoms with Crippen LogP contribution in [0.15, 0.2) is 34.2 Å². The van der Waals surface area contributed by atoms with E-state index in [0.717, 1.165) is 16.3 Å². The van der Waals surface area contributed by atoms with E-state index in [1.807, 2.05) is 13.0 Å². The molecule has 0 fully saturated rings. The van der Waals surface area contributed by atoms with E-state index in [-0.39, 0.29) is 5.56 Å². The van der Waals surface area contributed by atoms with Crippen LogP contribution in [0.25, 0.3) is 6.20 Å². The number of fused-ring (bicyclic) bond motifs is 1. The van der Waals surface area contributed by atoms with E-state index in [0.29, 0.717) is 5.02 Å². The predicted octanol–water partition coefficient (Wildman–Crippen LogP) is -0.433. The first-order valence-electron chi connectivity index (χ1n) is 5.32. The lowest BCUT2D eigenvalue weighted by Gasteiger charge is -2.20. The molecule has 7 heteroatoms. The van der Waals surface area contributed by atoms with Crippen LogP contribution in [-0.4, -0.2) is 9.89 Å². The van der Waals surface area contributed by atoms with Gasteiger partial charge >= 0.3 is 0 Å². The van der Waals surface area contributed by atoms with E-state index < -0.39 is 0 Å². The van der Waals surface area contributed by atoms with E-state index in [1.54, 1.807) is 18.3 Å². The van der Waals surface area contributed by atoms with E-state index in [4.69, 9.17) is 11.6 Å². The molecule has 2 N–H and O–H groups in total. The fourth-order valence-corrected chi connectivity index (χ4v) is 1.92. The van der Waals surface area contributed by atoms with Crippen LogP contribution in [0, 0.1) is 6.92 Å². The van der Waals surface area contributed by atoms with Gasteiger partial charge in [-0.3, -0.25) is 9.89 Å². The molecule has 0 bridgehead atoms. The fourth-order valence-electron chi connectivity index (χ4n) is 1.75. The van der Waals surface area contributed by atoms with Gasteiger partial charge < -0.3 is 0 Å². The highest BCUT2D eigenvalue weighted by atomic mass is 35.5. The zero-order chi connectivity index (χ0) is 12.7. The van der Waals surface area contributed by atoms with Crippen molar-refractivity contribution in [2.24, 2.45) is 5.10 Å². The Balaban J connectivity index is 2.12. The lowest BCUT2D eigenvalue weighted by Crippen LogP contribution is -2.51. The zero-order valence-electron chi connectivity index (χ0n) is 9.51. The maximum absolute atomic E-state index is 11.7. The van der Waals surface area contributed by atoms with E-state index >= 15 is 0 Å². The number of aromatic nitrogens is 2. The summed E-state index contributed by atoms with van der Waals surface area (Å²) in [6.07, 6.45) is 1.76. The van der Waals surface area contributed by atoms with Gasteiger partial charge in [-0.05, 0) is 25.1 Å². The summed E-state index contributed by atoms with van der Waals surface area (Å²) < 4.78 is 0. The standard InChI is InChI=1S/C11H10ClN5O/c1-7-4-11(18)17(14-7)16-6-8-2-3-9(12)5-10(8)13-15-16/h2-6,14-15H,1H3. The van der Waals surface area contributed by atoms with Crippen LogP contribution in [0.5, 0.6) is 0 Å². The van der Waals surface area contributed by atoms with Crippen molar-refractivity contribution in [3.05, 3.63) is 55.9 Å². The SMILES string of the molecule is Cc1cc(=O)n(N2C=c3ccc(Cl)cc3=NN2)[nH]1. The number of nitrogens with zero attached hydrogens (tertiary/aromatic N) is 3. The molecule has 0 radical (unpaired) electrons. The van der Waals surface area contributed by atoms with Gasteiger partial charge in [-0.25, -0.2) is 0 Å². The minimum absolute atomic E-state index is 0.163. The van der Waals surface area contributed by atoms with Gasteiger partial charge in [0.05, 0.1) is 11.6 Å². The number of aromatic amines is 1. The predicted molar refractivity (Wildman–Crippen MR) is 67.8 cm³/mol. The lowest BCUT2D eigenvalue weighted by molar-refractivity contribution is 0.512. The fraction of sp³-hybridized carbons (Fsp3) is 0.0909. The van der Waals surface area contributed by atoms with Crippen molar-refractivity contribution in [2.45, 2.75) is 6.92 Å². The summed E-state index contributed by atoms with van der Waals surface area (Å²) >= 11 is 5.88. The molecule has 0 unspecified atom stereocenters. The Morgan fingerprint density at radius 2 is 2.17 bits per heavy atom. The third-order valence-electron chi connectivity index (χ3n) is 2.57. The number of hydrogen-bond donors (Lipinski definition) is 2. The number of hydrazine groups is 1. The second-order valence-corrected chi connectivity index (χ2v) is 4.41. The molecular formula is C11H10ClN5O. The summed E-state index contributed by atoms with van der Waals surface area (Å²) in [4.78, 5) is 13.0. The highest BCUT2D eigenvalue weighted by Crippen LogP contribution is 2.00. The molecule has 1 aliphatic heterocycles. The van der Waals surface area contributed by atoms with Gasteiger partial charge in [0.25, 0.3) is 5.56 Å². The molecule has 3 rings (SSSR count). The Labute approximate surface area is 107 Å². The number of benzene rings is 1. The molecule has 0 atom stereocenters. The first kappa shape index (κ1) is 10.9. The van der Waals surface area contributed by atoms with Gasteiger partial charge in [0.1, 0.15) is 0 Å². The number of H-pyrrole nitrogens is 1. The molecule has 0 aliphatic carbocycles. The molecule has 18 heavy (non-hydrogen) atoms.